The SMILES string of the molecule is CC1(C)[C@@H]2C[C@H]3OB([C@H](CC4CCC4)NC(=O)[C@H](Cc4ccccc4)CS(=O)(=O)c4ccc5ccccc5c4)O[C@@]3(C)[C@H]1C2. The van der Waals surface area contributed by atoms with Crippen molar-refractivity contribution in [3.8, 4) is 0 Å². The van der Waals surface area contributed by atoms with Gasteiger partial charge in [-0.2, -0.15) is 0 Å². The molecular formula is C36H44BNO5S. The summed E-state index contributed by atoms with van der Waals surface area (Å²) in [5.74, 6) is -0.0143. The van der Waals surface area contributed by atoms with Crippen LogP contribution in [-0.4, -0.2) is 44.8 Å². The van der Waals surface area contributed by atoms with E-state index in [-0.39, 0.29) is 39.6 Å². The second-order valence-corrected chi connectivity index (χ2v) is 16.7. The third-order valence-electron chi connectivity index (χ3n) is 11.6. The van der Waals surface area contributed by atoms with Gasteiger partial charge >= 0.3 is 7.12 Å². The van der Waals surface area contributed by atoms with Crippen molar-refractivity contribution in [2.45, 2.75) is 88.3 Å². The molecule has 8 heteroatoms. The van der Waals surface area contributed by atoms with Crippen molar-refractivity contribution >= 4 is 33.6 Å². The fraction of sp³-hybridized carbons (Fsp3) is 0.528. The second kappa shape index (κ2) is 11.3. The molecule has 4 saturated carbocycles. The highest BCUT2D eigenvalue weighted by atomic mass is 32.2. The predicted octanol–water partition coefficient (Wildman–Crippen LogP) is 6.41. The van der Waals surface area contributed by atoms with E-state index in [4.69, 9.17) is 9.31 Å². The molecule has 1 aliphatic heterocycles. The summed E-state index contributed by atoms with van der Waals surface area (Å²) in [6.45, 7) is 6.90. The van der Waals surface area contributed by atoms with E-state index in [0.717, 1.165) is 42.0 Å². The molecule has 0 unspecified atom stereocenters. The topological polar surface area (TPSA) is 81.7 Å². The zero-order valence-electron chi connectivity index (χ0n) is 26.1. The lowest BCUT2D eigenvalue weighted by molar-refractivity contribution is -0.199. The van der Waals surface area contributed by atoms with Gasteiger partial charge in [0.15, 0.2) is 9.84 Å². The minimum atomic E-state index is -3.75. The molecule has 1 N–H and O–H groups in total. The zero-order chi connectivity index (χ0) is 30.7. The fourth-order valence-electron chi connectivity index (χ4n) is 8.55. The van der Waals surface area contributed by atoms with Gasteiger partial charge in [-0.1, -0.05) is 93.8 Å². The maximum Gasteiger partial charge on any atom is 0.481 e. The van der Waals surface area contributed by atoms with Gasteiger partial charge < -0.3 is 14.6 Å². The van der Waals surface area contributed by atoms with Crippen molar-refractivity contribution in [3.63, 3.8) is 0 Å². The number of nitrogens with one attached hydrogen (secondary N) is 1. The summed E-state index contributed by atoms with van der Waals surface area (Å²) >= 11 is 0. The highest BCUT2D eigenvalue weighted by Gasteiger charge is 2.68. The van der Waals surface area contributed by atoms with Crippen molar-refractivity contribution in [1.29, 1.82) is 0 Å². The Hall–Kier alpha value is -2.68. The van der Waals surface area contributed by atoms with Gasteiger partial charge in [0.1, 0.15) is 0 Å². The monoisotopic (exact) mass is 613 g/mol. The summed E-state index contributed by atoms with van der Waals surface area (Å²) in [7, 11) is -4.28. The Balaban J connectivity index is 1.14. The maximum atomic E-state index is 14.2. The van der Waals surface area contributed by atoms with Crippen LogP contribution < -0.4 is 5.32 Å². The van der Waals surface area contributed by atoms with Crippen LogP contribution in [0.5, 0.6) is 0 Å². The Morgan fingerprint density at radius 2 is 1.70 bits per heavy atom. The van der Waals surface area contributed by atoms with Gasteiger partial charge in [0.05, 0.1) is 34.2 Å². The number of carbonyl (C=O) groups excluding carboxylic acids is 1. The molecule has 1 amide bonds. The lowest BCUT2D eigenvalue weighted by atomic mass is 9.43. The summed E-state index contributed by atoms with van der Waals surface area (Å²) in [6, 6.07) is 22.6. The first-order chi connectivity index (χ1) is 21.0. The molecule has 44 heavy (non-hydrogen) atoms. The van der Waals surface area contributed by atoms with Crippen LogP contribution in [-0.2, 0) is 30.4 Å². The summed E-state index contributed by atoms with van der Waals surface area (Å²) in [6.07, 6.45) is 6.78. The van der Waals surface area contributed by atoms with Gasteiger partial charge in [-0.15, -0.1) is 0 Å². The average molecular weight is 614 g/mol. The molecule has 1 saturated heterocycles. The molecule has 0 spiro atoms. The molecule has 3 aromatic carbocycles. The Bertz CT molecular complexity index is 1640. The third kappa shape index (κ3) is 5.41. The highest BCUT2D eigenvalue weighted by Crippen LogP contribution is 2.65. The average Bonchev–Trinajstić information content (AvgIpc) is 3.35. The van der Waals surface area contributed by atoms with Gasteiger partial charge in [0, 0.05) is 0 Å². The third-order valence-corrected chi connectivity index (χ3v) is 13.4. The van der Waals surface area contributed by atoms with E-state index >= 15 is 0 Å². The van der Waals surface area contributed by atoms with E-state index < -0.39 is 22.9 Å². The van der Waals surface area contributed by atoms with E-state index in [0.29, 0.717) is 24.2 Å². The summed E-state index contributed by atoms with van der Waals surface area (Å²) in [4.78, 5) is 14.5. The van der Waals surface area contributed by atoms with Crippen molar-refractivity contribution < 1.29 is 22.5 Å². The van der Waals surface area contributed by atoms with Crippen LogP contribution in [0.2, 0.25) is 0 Å². The molecule has 1 heterocycles. The van der Waals surface area contributed by atoms with E-state index in [1.807, 2.05) is 60.7 Å². The van der Waals surface area contributed by atoms with Crippen molar-refractivity contribution in [2.75, 3.05) is 5.75 Å². The summed E-state index contributed by atoms with van der Waals surface area (Å²) < 4.78 is 41.2. The molecule has 3 aromatic rings. The molecule has 6 nitrogen and oxygen atoms in total. The fourth-order valence-corrected chi connectivity index (χ4v) is 10.1. The molecule has 8 rings (SSSR count). The second-order valence-electron chi connectivity index (χ2n) is 14.7. The Kier molecular flexibility index (Phi) is 7.70. The van der Waals surface area contributed by atoms with E-state index in [9.17, 15) is 13.2 Å². The molecule has 6 atom stereocenters. The number of benzene rings is 3. The van der Waals surface area contributed by atoms with Crippen LogP contribution in [0, 0.1) is 29.1 Å². The standard InChI is InChI=1S/C36H44BNO5S/c1-35(2)29-21-31(35)36(3)32(22-29)42-37(43-36)33(19-25-12-9-13-25)38-34(39)28(18-24-10-5-4-6-11-24)23-44(40,41)30-17-16-26-14-7-8-15-27(26)20-30/h4-8,10-11,14-17,20,25,28-29,31-33H,9,12-13,18-19,21-23H2,1-3H3,(H,38,39)/t28-,29+,31+,32-,33+,36+/m1/s1. The summed E-state index contributed by atoms with van der Waals surface area (Å²) in [5, 5.41) is 5.15. The molecule has 232 valence electrons. The zero-order valence-corrected chi connectivity index (χ0v) is 26.9. The number of rotatable bonds is 10. The minimum Gasteiger partial charge on any atom is -0.404 e. The Morgan fingerprint density at radius 1 is 0.977 bits per heavy atom. The van der Waals surface area contributed by atoms with Gasteiger partial charge in [-0.05, 0) is 84.2 Å². The Morgan fingerprint density at radius 3 is 2.41 bits per heavy atom. The number of hydrogen-bond donors (Lipinski definition) is 1. The molecule has 5 aliphatic rings. The van der Waals surface area contributed by atoms with Crippen molar-refractivity contribution in [2.24, 2.45) is 29.1 Å². The molecule has 4 aliphatic carbocycles. The lowest BCUT2D eigenvalue weighted by Gasteiger charge is -2.64. The van der Waals surface area contributed by atoms with Crippen LogP contribution in [0.1, 0.15) is 64.9 Å². The van der Waals surface area contributed by atoms with Gasteiger partial charge in [0.2, 0.25) is 5.91 Å². The van der Waals surface area contributed by atoms with Crippen molar-refractivity contribution in [3.05, 3.63) is 78.4 Å². The molecule has 5 fully saturated rings. The minimum absolute atomic E-state index is 0.0264. The smallest absolute Gasteiger partial charge is 0.404 e. The molecular weight excluding hydrogens is 569 g/mol. The molecule has 0 radical (unpaired) electrons. The number of amides is 1. The quantitative estimate of drug-likeness (QED) is 0.267. The lowest BCUT2D eigenvalue weighted by Crippen LogP contribution is -2.65. The first-order valence-electron chi connectivity index (χ1n) is 16.4. The van der Waals surface area contributed by atoms with Crippen LogP contribution in [0.3, 0.4) is 0 Å². The number of carbonyl (C=O) groups is 1. The van der Waals surface area contributed by atoms with Gasteiger partial charge in [-0.3, -0.25) is 4.79 Å². The normalized spacial score (nSPS) is 28.9. The highest BCUT2D eigenvalue weighted by molar-refractivity contribution is 7.91. The Labute approximate surface area is 262 Å². The molecule has 0 aromatic heterocycles. The van der Waals surface area contributed by atoms with Crippen LogP contribution in [0.4, 0.5) is 0 Å². The first-order valence-corrected chi connectivity index (χ1v) is 18.1. The maximum absolute atomic E-state index is 14.2. The van der Waals surface area contributed by atoms with Crippen molar-refractivity contribution in [1.82, 2.24) is 5.32 Å². The van der Waals surface area contributed by atoms with Crippen LogP contribution in [0.15, 0.2) is 77.7 Å². The number of hydrogen-bond acceptors (Lipinski definition) is 5. The predicted molar refractivity (Wildman–Crippen MR) is 174 cm³/mol. The number of fused-ring (bicyclic) bond motifs is 1. The van der Waals surface area contributed by atoms with Gasteiger partial charge in [-0.25, -0.2) is 8.42 Å². The van der Waals surface area contributed by atoms with E-state index in [1.54, 1.807) is 12.1 Å². The van der Waals surface area contributed by atoms with E-state index in [2.05, 4.69) is 26.1 Å². The number of sulfone groups is 1. The molecule has 2 bridgehead atoms. The first kappa shape index (κ1) is 30.0. The van der Waals surface area contributed by atoms with Crippen LogP contribution >= 0.6 is 0 Å². The van der Waals surface area contributed by atoms with Crippen LogP contribution in [0.25, 0.3) is 10.8 Å². The largest absolute Gasteiger partial charge is 0.481 e. The van der Waals surface area contributed by atoms with Gasteiger partial charge in [0.25, 0.3) is 0 Å². The summed E-state index contributed by atoms with van der Waals surface area (Å²) in [5.41, 5.74) is 0.800. The van der Waals surface area contributed by atoms with E-state index in [1.165, 1.54) is 12.8 Å².